The molecule has 3 aromatic heterocycles. The van der Waals surface area contributed by atoms with E-state index in [1.807, 2.05) is 12.4 Å². The Morgan fingerprint density at radius 1 is 1.04 bits per heavy atom. The highest BCUT2D eigenvalue weighted by Crippen LogP contribution is 2.26. The largest absolute Gasteiger partial charge is 0.270 e. The van der Waals surface area contributed by atoms with Crippen LogP contribution in [0, 0.1) is 6.92 Å². The van der Waals surface area contributed by atoms with E-state index in [0.29, 0.717) is 0 Å². The van der Waals surface area contributed by atoms with Gasteiger partial charge >= 0.3 is 0 Å². The molecule has 4 nitrogen and oxygen atoms in total. The Kier molecular flexibility index (Phi) is 3.71. The van der Waals surface area contributed by atoms with Crippen LogP contribution in [0.4, 0.5) is 0 Å². The van der Waals surface area contributed by atoms with Crippen molar-refractivity contribution >= 4 is 28.3 Å². The third-order valence-corrected chi connectivity index (χ3v) is 4.88. The molecule has 0 bridgehead atoms. The van der Waals surface area contributed by atoms with Gasteiger partial charge in [0.1, 0.15) is 0 Å². The molecular weight excluding hydrogens is 304 g/mol. The number of fused-ring (bicyclic) bond motifs is 3. The fourth-order valence-corrected chi connectivity index (χ4v) is 3.72. The number of benzene rings is 1. The smallest absolute Gasteiger partial charge is 0.196 e. The molecule has 0 unspecified atom stereocenters. The van der Waals surface area contributed by atoms with E-state index in [9.17, 15) is 0 Å². The van der Waals surface area contributed by atoms with Crippen molar-refractivity contribution in [3.05, 3.63) is 66.0 Å². The number of aryl methyl sites for hydroxylation is 2. The Bertz CT molecular complexity index is 963. The number of rotatable bonds is 4. The minimum Gasteiger partial charge on any atom is -0.270 e. The maximum Gasteiger partial charge on any atom is 0.196 e. The zero-order valence-corrected chi connectivity index (χ0v) is 13.6. The van der Waals surface area contributed by atoms with Crippen molar-refractivity contribution in [1.29, 1.82) is 0 Å². The Labute approximate surface area is 138 Å². The van der Waals surface area contributed by atoms with Gasteiger partial charge < -0.3 is 0 Å². The van der Waals surface area contributed by atoms with E-state index in [2.05, 4.69) is 69.0 Å². The maximum absolute atomic E-state index is 4.38. The van der Waals surface area contributed by atoms with E-state index >= 15 is 0 Å². The normalized spacial score (nSPS) is 11.3. The van der Waals surface area contributed by atoms with Crippen molar-refractivity contribution < 1.29 is 0 Å². The van der Waals surface area contributed by atoms with Crippen LogP contribution >= 0.6 is 11.8 Å². The average Bonchev–Trinajstić information content (AvgIpc) is 2.99. The number of pyridine rings is 2. The fraction of sp³-hybridized carbons (Fsp3) is 0.167. The number of para-hydroxylation sites is 1. The first-order valence-corrected chi connectivity index (χ1v) is 8.57. The van der Waals surface area contributed by atoms with Crippen LogP contribution < -0.4 is 0 Å². The van der Waals surface area contributed by atoms with Gasteiger partial charge in [-0.1, -0.05) is 30.0 Å². The summed E-state index contributed by atoms with van der Waals surface area (Å²) in [6.45, 7) is 2.12. The van der Waals surface area contributed by atoms with Crippen molar-refractivity contribution in [3.8, 4) is 0 Å². The van der Waals surface area contributed by atoms with Crippen molar-refractivity contribution in [2.75, 3.05) is 5.75 Å². The minimum atomic E-state index is 0.910. The summed E-state index contributed by atoms with van der Waals surface area (Å²) in [5, 5.41) is 10.9. The predicted molar refractivity (Wildman–Crippen MR) is 93.9 cm³/mol. The monoisotopic (exact) mass is 320 g/mol. The van der Waals surface area contributed by atoms with Gasteiger partial charge in [0, 0.05) is 23.5 Å². The highest BCUT2D eigenvalue weighted by Gasteiger charge is 2.11. The minimum absolute atomic E-state index is 0.910. The molecule has 0 saturated carbocycles. The molecule has 0 fully saturated rings. The highest BCUT2D eigenvalue weighted by molar-refractivity contribution is 7.99. The Balaban J connectivity index is 1.67. The quantitative estimate of drug-likeness (QED) is 0.535. The van der Waals surface area contributed by atoms with Crippen LogP contribution in [0.15, 0.2) is 60.0 Å². The van der Waals surface area contributed by atoms with E-state index in [1.54, 1.807) is 11.8 Å². The standard InChI is InChI=1S/C18H16N4S/c1-13-12-17-20-21-18(22(17)16-5-3-2-4-15(13)16)23-11-8-14-6-9-19-10-7-14/h2-7,9-10,12H,8,11H2,1H3. The molecule has 4 aromatic rings. The number of thioether (sulfide) groups is 1. The number of hydrogen-bond acceptors (Lipinski definition) is 4. The molecule has 3 heterocycles. The lowest BCUT2D eigenvalue weighted by molar-refractivity contribution is 0.937. The molecule has 0 amide bonds. The van der Waals surface area contributed by atoms with Crippen LogP contribution in [0.1, 0.15) is 11.1 Å². The third kappa shape index (κ3) is 2.68. The van der Waals surface area contributed by atoms with Crippen molar-refractivity contribution in [2.45, 2.75) is 18.5 Å². The summed E-state index contributed by atoms with van der Waals surface area (Å²) >= 11 is 1.74. The lowest BCUT2D eigenvalue weighted by Crippen LogP contribution is -1.95. The molecule has 1 aromatic carbocycles. The third-order valence-electron chi connectivity index (χ3n) is 3.95. The van der Waals surface area contributed by atoms with Crippen LogP contribution in [-0.2, 0) is 6.42 Å². The molecule has 0 N–H and O–H groups in total. The molecule has 0 saturated heterocycles. The molecule has 4 rings (SSSR count). The Morgan fingerprint density at radius 2 is 1.87 bits per heavy atom. The molecule has 0 aliphatic carbocycles. The second-order valence-corrected chi connectivity index (χ2v) is 6.54. The molecule has 0 spiro atoms. The van der Waals surface area contributed by atoms with Gasteiger partial charge in [0.25, 0.3) is 0 Å². The van der Waals surface area contributed by atoms with Gasteiger partial charge in [0.2, 0.25) is 0 Å². The summed E-state index contributed by atoms with van der Waals surface area (Å²) in [5.74, 6) is 0.965. The summed E-state index contributed by atoms with van der Waals surface area (Å²) in [7, 11) is 0. The SMILES string of the molecule is Cc1cc2nnc(SCCc3ccncc3)n2c2ccccc12. The zero-order chi connectivity index (χ0) is 15.6. The molecule has 0 aliphatic rings. The summed E-state index contributed by atoms with van der Waals surface area (Å²) in [6.07, 6.45) is 4.66. The van der Waals surface area contributed by atoms with Crippen LogP contribution in [-0.4, -0.2) is 25.3 Å². The van der Waals surface area contributed by atoms with Crippen LogP contribution in [0.3, 0.4) is 0 Å². The summed E-state index contributed by atoms with van der Waals surface area (Å²) in [5.41, 5.74) is 4.60. The van der Waals surface area contributed by atoms with E-state index in [0.717, 1.165) is 23.0 Å². The van der Waals surface area contributed by atoms with Gasteiger partial charge in [-0.15, -0.1) is 10.2 Å². The number of hydrogen-bond donors (Lipinski definition) is 0. The highest BCUT2D eigenvalue weighted by atomic mass is 32.2. The molecule has 0 aliphatic heterocycles. The first-order valence-electron chi connectivity index (χ1n) is 7.58. The van der Waals surface area contributed by atoms with Gasteiger partial charge in [-0.2, -0.15) is 0 Å². The molecule has 0 radical (unpaired) electrons. The van der Waals surface area contributed by atoms with Gasteiger partial charge in [-0.3, -0.25) is 9.38 Å². The summed E-state index contributed by atoms with van der Waals surface area (Å²) in [6, 6.07) is 14.6. The number of aromatic nitrogens is 4. The predicted octanol–water partition coefficient (Wildman–Crippen LogP) is 3.92. The molecular formula is C18H16N4S. The molecule has 5 heteroatoms. The molecule has 0 atom stereocenters. The van der Waals surface area contributed by atoms with Crippen LogP contribution in [0.5, 0.6) is 0 Å². The van der Waals surface area contributed by atoms with Gasteiger partial charge in [-0.05, 0) is 48.7 Å². The number of nitrogens with zero attached hydrogens (tertiary/aromatic N) is 4. The maximum atomic E-state index is 4.38. The van der Waals surface area contributed by atoms with Crippen molar-refractivity contribution in [1.82, 2.24) is 19.6 Å². The summed E-state index contributed by atoms with van der Waals surface area (Å²) < 4.78 is 2.15. The van der Waals surface area contributed by atoms with Crippen molar-refractivity contribution in [3.63, 3.8) is 0 Å². The van der Waals surface area contributed by atoms with E-state index < -0.39 is 0 Å². The van der Waals surface area contributed by atoms with E-state index in [-0.39, 0.29) is 0 Å². The fourth-order valence-electron chi connectivity index (χ4n) is 2.78. The molecule has 114 valence electrons. The van der Waals surface area contributed by atoms with Crippen LogP contribution in [0.25, 0.3) is 16.6 Å². The Morgan fingerprint density at radius 3 is 2.74 bits per heavy atom. The first kappa shape index (κ1) is 14.2. The first-order chi connectivity index (χ1) is 11.3. The summed E-state index contributed by atoms with van der Waals surface area (Å²) in [4.78, 5) is 4.05. The zero-order valence-electron chi connectivity index (χ0n) is 12.8. The average molecular weight is 320 g/mol. The Hall–Kier alpha value is -2.40. The van der Waals surface area contributed by atoms with Gasteiger partial charge in [0.15, 0.2) is 10.8 Å². The van der Waals surface area contributed by atoms with Crippen LogP contribution in [0.2, 0.25) is 0 Å². The molecule has 23 heavy (non-hydrogen) atoms. The lowest BCUT2D eigenvalue weighted by atomic mass is 10.1. The van der Waals surface area contributed by atoms with Gasteiger partial charge in [0.05, 0.1) is 5.52 Å². The van der Waals surface area contributed by atoms with E-state index in [1.165, 1.54) is 22.0 Å². The second kappa shape index (κ2) is 6.01. The lowest BCUT2D eigenvalue weighted by Gasteiger charge is -2.07. The van der Waals surface area contributed by atoms with Crippen molar-refractivity contribution in [2.24, 2.45) is 0 Å². The second-order valence-electron chi connectivity index (χ2n) is 5.47. The van der Waals surface area contributed by atoms with E-state index in [4.69, 9.17) is 0 Å². The van der Waals surface area contributed by atoms with Gasteiger partial charge in [-0.25, -0.2) is 0 Å². The topological polar surface area (TPSA) is 43.1 Å².